The summed E-state index contributed by atoms with van der Waals surface area (Å²) in [6.45, 7) is 7.33. The molecule has 8 heteroatoms. The molecule has 176 valence electrons. The number of rotatable bonds is 9. The number of aryl methyl sites for hydroxylation is 3. The van der Waals surface area contributed by atoms with Gasteiger partial charge >= 0.3 is 11.6 Å². The summed E-state index contributed by atoms with van der Waals surface area (Å²) in [5.41, 5.74) is 2.23. The Hall–Kier alpha value is -2.97. The molecule has 3 rings (SSSR count). The monoisotopic (exact) mass is 471 g/mol. The van der Waals surface area contributed by atoms with Gasteiger partial charge in [0.05, 0.1) is 4.90 Å². The Bertz CT molecular complexity index is 1310. The molecule has 2 aromatic carbocycles. The highest BCUT2D eigenvalue weighted by Gasteiger charge is 2.27. The van der Waals surface area contributed by atoms with Crippen molar-refractivity contribution >= 4 is 27.0 Å². The van der Waals surface area contributed by atoms with Crippen LogP contribution in [0.3, 0.4) is 0 Å². The molecule has 1 heterocycles. The summed E-state index contributed by atoms with van der Waals surface area (Å²) in [5.74, 6) is -0.517. The maximum Gasteiger partial charge on any atom is 0.336 e. The van der Waals surface area contributed by atoms with Gasteiger partial charge in [-0.3, -0.25) is 0 Å². The number of carbonyl (C=O) groups excluding carboxylic acids is 1. The number of esters is 1. The molecule has 0 fully saturated rings. The minimum atomic E-state index is -3.90. The van der Waals surface area contributed by atoms with E-state index in [9.17, 15) is 18.0 Å². The number of sulfonamides is 1. The molecule has 0 spiro atoms. The van der Waals surface area contributed by atoms with Crippen LogP contribution in [0.1, 0.15) is 49.8 Å². The third-order valence-corrected chi connectivity index (χ3v) is 7.02. The van der Waals surface area contributed by atoms with E-state index in [1.807, 2.05) is 6.92 Å². The van der Waals surface area contributed by atoms with E-state index < -0.39 is 27.7 Å². The standard InChI is InChI=1S/C25H29NO6S/c1-5-7-8-18-15-23(27)32-24-17(4)22(14-13-20(18)24)31-25(28)21(6-2)26-33(29,30)19-11-9-16(3)10-12-19/h9-15,21,26H,5-8H2,1-4H3/t21-/m0/s1. The molecule has 0 unspecified atom stereocenters. The first-order chi connectivity index (χ1) is 15.7. The molecule has 1 atom stereocenters. The third kappa shape index (κ3) is 5.69. The van der Waals surface area contributed by atoms with Crippen LogP contribution in [0.5, 0.6) is 5.75 Å². The fraction of sp³-hybridized carbons (Fsp3) is 0.360. The smallest absolute Gasteiger partial charge is 0.336 e. The lowest BCUT2D eigenvalue weighted by Crippen LogP contribution is -2.42. The second kappa shape index (κ2) is 10.3. The first-order valence-electron chi connectivity index (χ1n) is 11.0. The van der Waals surface area contributed by atoms with Gasteiger partial charge in [-0.25, -0.2) is 18.0 Å². The van der Waals surface area contributed by atoms with Gasteiger partial charge in [0.1, 0.15) is 17.4 Å². The molecule has 33 heavy (non-hydrogen) atoms. The van der Waals surface area contributed by atoms with Gasteiger partial charge in [0.2, 0.25) is 10.0 Å². The third-order valence-electron chi connectivity index (χ3n) is 5.53. The predicted molar refractivity (Wildman–Crippen MR) is 127 cm³/mol. The van der Waals surface area contributed by atoms with Crippen LogP contribution >= 0.6 is 0 Å². The molecule has 0 aliphatic rings. The van der Waals surface area contributed by atoms with Crippen molar-refractivity contribution in [2.24, 2.45) is 0 Å². The van der Waals surface area contributed by atoms with Crippen molar-refractivity contribution in [1.82, 2.24) is 4.72 Å². The average molecular weight is 472 g/mol. The summed E-state index contributed by atoms with van der Waals surface area (Å²) < 4.78 is 38.8. The van der Waals surface area contributed by atoms with Gasteiger partial charge in [0.25, 0.3) is 0 Å². The average Bonchev–Trinajstić information content (AvgIpc) is 2.78. The van der Waals surface area contributed by atoms with Gasteiger partial charge < -0.3 is 9.15 Å². The van der Waals surface area contributed by atoms with Crippen molar-refractivity contribution in [2.75, 3.05) is 0 Å². The number of unbranched alkanes of at least 4 members (excludes halogenated alkanes) is 1. The fourth-order valence-electron chi connectivity index (χ4n) is 3.54. The van der Waals surface area contributed by atoms with Crippen LogP contribution < -0.4 is 15.1 Å². The number of carbonyl (C=O) groups is 1. The lowest BCUT2D eigenvalue weighted by Gasteiger charge is -2.17. The number of ether oxygens (including phenoxy) is 1. The second-order valence-corrected chi connectivity index (χ2v) is 9.79. The molecular formula is C25H29NO6S. The highest BCUT2D eigenvalue weighted by molar-refractivity contribution is 7.89. The summed E-state index contributed by atoms with van der Waals surface area (Å²) in [6, 6.07) is 10.2. The van der Waals surface area contributed by atoms with Gasteiger partial charge in [-0.05, 0) is 62.9 Å². The molecular weight excluding hydrogens is 442 g/mol. The molecule has 0 aliphatic carbocycles. The van der Waals surface area contributed by atoms with Gasteiger partial charge in [-0.1, -0.05) is 38.0 Å². The zero-order valence-electron chi connectivity index (χ0n) is 19.3. The Balaban J connectivity index is 1.86. The molecule has 1 aromatic heterocycles. The summed E-state index contributed by atoms with van der Waals surface area (Å²) in [4.78, 5) is 25.0. The van der Waals surface area contributed by atoms with E-state index in [0.717, 1.165) is 35.8 Å². The molecule has 1 N–H and O–H groups in total. The van der Waals surface area contributed by atoms with Gasteiger partial charge in [-0.2, -0.15) is 4.72 Å². The second-order valence-electron chi connectivity index (χ2n) is 8.08. The SMILES string of the molecule is CCCCc1cc(=O)oc2c(C)c(OC(=O)[C@H](CC)NS(=O)(=O)c3ccc(C)cc3)ccc12. The van der Waals surface area contributed by atoms with Crippen LogP contribution in [-0.2, 0) is 21.2 Å². The van der Waals surface area contributed by atoms with Crippen LogP contribution in [0.2, 0.25) is 0 Å². The Morgan fingerprint density at radius 3 is 2.42 bits per heavy atom. The Labute approximate surface area is 193 Å². The molecule has 0 amide bonds. The Kier molecular flexibility index (Phi) is 7.71. The van der Waals surface area contributed by atoms with E-state index in [4.69, 9.17) is 9.15 Å². The number of fused-ring (bicyclic) bond motifs is 1. The number of hydrogen-bond donors (Lipinski definition) is 1. The van der Waals surface area contributed by atoms with E-state index >= 15 is 0 Å². The van der Waals surface area contributed by atoms with Crippen molar-refractivity contribution in [3.8, 4) is 5.75 Å². The van der Waals surface area contributed by atoms with E-state index in [2.05, 4.69) is 11.6 Å². The van der Waals surface area contributed by atoms with Gasteiger partial charge in [0.15, 0.2) is 0 Å². The van der Waals surface area contributed by atoms with Crippen LogP contribution in [0.25, 0.3) is 11.0 Å². The summed E-state index contributed by atoms with van der Waals surface area (Å²) in [7, 11) is -3.90. The van der Waals surface area contributed by atoms with E-state index in [1.165, 1.54) is 18.2 Å². The minimum absolute atomic E-state index is 0.0719. The van der Waals surface area contributed by atoms with E-state index in [0.29, 0.717) is 11.1 Å². The zero-order valence-corrected chi connectivity index (χ0v) is 20.1. The zero-order chi connectivity index (χ0) is 24.2. The lowest BCUT2D eigenvalue weighted by atomic mass is 10.0. The molecule has 0 aliphatic heterocycles. The quantitative estimate of drug-likeness (QED) is 0.282. The van der Waals surface area contributed by atoms with Crippen LogP contribution in [0, 0.1) is 13.8 Å². The Morgan fingerprint density at radius 1 is 1.09 bits per heavy atom. The van der Waals surface area contributed by atoms with E-state index in [1.54, 1.807) is 38.1 Å². The van der Waals surface area contributed by atoms with Gasteiger partial charge in [0, 0.05) is 17.0 Å². The van der Waals surface area contributed by atoms with E-state index in [-0.39, 0.29) is 17.1 Å². The van der Waals surface area contributed by atoms with Crippen molar-refractivity contribution in [2.45, 2.75) is 64.3 Å². The van der Waals surface area contributed by atoms with Gasteiger partial charge in [-0.15, -0.1) is 0 Å². The first kappa shape index (κ1) is 24.7. The molecule has 0 radical (unpaired) electrons. The number of nitrogens with one attached hydrogen (secondary N) is 1. The molecule has 0 saturated carbocycles. The summed E-state index contributed by atoms with van der Waals surface area (Å²) >= 11 is 0. The van der Waals surface area contributed by atoms with Crippen LogP contribution in [0.15, 0.2) is 56.6 Å². The van der Waals surface area contributed by atoms with Crippen molar-refractivity contribution in [1.29, 1.82) is 0 Å². The molecule has 3 aromatic rings. The van der Waals surface area contributed by atoms with Crippen molar-refractivity contribution in [3.05, 3.63) is 69.6 Å². The predicted octanol–water partition coefficient (Wildman–Crippen LogP) is 4.41. The van der Waals surface area contributed by atoms with Crippen LogP contribution in [0.4, 0.5) is 0 Å². The summed E-state index contributed by atoms with van der Waals surface area (Å²) in [5, 5.41) is 0.799. The number of hydrogen-bond acceptors (Lipinski definition) is 6. The summed E-state index contributed by atoms with van der Waals surface area (Å²) in [6.07, 6.45) is 2.88. The highest BCUT2D eigenvalue weighted by Crippen LogP contribution is 2.29. The fourth-order valence-corrected chi connectivity index (χ4v) is 4.81. The lowest BCUT2D eigenvalue weighted by molar-refractivity contribution is -0.136. The van der Waals surface area contributed by atoms with Crippen molar-refractivity contribution in [3.63, 3.8) is 0 Å². The Morgan fingerprint density at radius 2 is 1.79 bits per heavy atom. The first-order valence-corrected chi connectivity index (χ1v) is 12.5. The topological polar surface area (TPSA) is 103 Å². The minimum Gasteiger partial charge on any atom is -0.425 e. The normalized spacial score (nSPS) is 12.6. The highest BCUT2D eigenvalue weighted by atomic mass is 32.2. The largest absolute Gasteiger partial charge is 0.425 e. The number of benzene rings is 2. The molecule has 0 bridgehead atoms. The van der Waals surface area contributed by atoms with Crippen LogP contribution in [-0.4, -0.2) is 20.4 Å². The van der Waals surface area contributed by atoms with Crippen molar-refractivity contribution < 1.29 is 22.4 Å². The maximum absolute atomic E-state index is 12.8. The molecule has 7 nitrogen and oxygen atoms in total. The maximum atomic E-state index is 12.8. The molecule has 0 saturated heterocycles.